The smallest absolute Gasteiger partial charge is 0.315 e. The van der Waals surface area contributed by atoms with Crippen LogP contribution >= 0.6 is 0 Å². The van der Waals surface area contributed by atoms with Gasteiger partial charge in [-0.3, -0.25) is 4.79 Å². The molecule has 0 aliphatic rings. The highest BCUT2D eigenvalue weighted by Gasteiger charge is 2.23. The van der Waals surface area contributed by atoms with E-state index in [1.54, 1.807) is 21.0 Å². The summed E-state index contributed by atoms with van der Waals surface area (Å²) in [6.45, 7) is 3.80. The number of ether oxygens (including phenoxy) is 1. The van der Waals surface area contributed by atoms with Crippen molar-refractivity contribution in [3.63, 3.8) is 0 Å². The third kappa shape index (κ3) is 6.65. The zero-order valence-corrected chi connectivity index (χ0v) is 12.6. The lowest BCUT2D eigenvalue weighted by molar-refractivity contribution is -0.138. The summed E-state index contributed by atoms with van der Waals surface area (Å²) >= 11 is 0. The van der Waals surface area contributed by atoms with Crippen LogP contribution in [0.5, 0.6) is 5.75 Å². The molecule has 21 heavy (non-hydrogen) atoms. The Morgan fingerprint density at radius 1 is 1.33 bits per heavy atom. The molecule has 0 atom stereocenters. The van der Waals surface area contributed by atoms with E-state index in [2.05, 4.69) is 10.6 Å². The highest BCUT2D eigenvalue weighted by Crippen LogP contribution is 2.12. The SMILES string of the molecule is COc1cccc(CCNC(=O)NC(C)(C)CC(=O)O)c1. The molecule has 0 aliphatic carbocycles. The van der Waals surface area contributed by atoms with E-state index >= 15 is 0 Å². The predicted molar refractivity (Wildman–Crippen MR) is 79.6 cm³/mol. The molecule has 0 saturated carbocycles. The number of hydrogen-bond acceptors (Lipinski definition) is 3. The maximum atomic E-state index is 11.7. The number of rotatable bonds is 7. The number of hydrogen-bond donors (Lipinski definition) is 3. The minimum Gasteiger partial charge on any atom is -0.497 e. The van der Waals surface area contributed by atoms with Crippen LogP contribution in [0, 0.1) is 0 Å². The molecule has 6 nitrogen and oxygen atoms in total. The summed E-state index contributed by atoms with van der Waals surface area (Å²) in [6.07, 6.45) is 0.542. The molecule has 0 saturated heterocycles. The highest BCUT2D eigenvalue weighted by atomic mass is 16.5. The van der Waals surface area contributed by atoms with Crippen LogP contribution in [0.3, 0.4) is 0 Å². The largest absolute Gasteiger partial charge is 0.497 e. The summed E-state index contributed by atoms with van der Waals surface area (Å²) in [6, 6.07) is 7.25. The van der Waals surface area contributed by atoms with E-state index in [0.29, 0.717) is 13.0 Å². The van der Waals surface area contributed by atoms with Crippen molar-refractivity contribution in [2.24, 2.45) is 0 Å². The summed E-state index contributed by atoms with van der Waals surface area (Å²) in [5.74, 6) is -0.170. The first-order chi connectivity index (χ1) is 9.82. The second-order valence-electron chi connectivity index (χ2n) is 5.44. The lowest BCUT2D eigenvalue weighted by Crippen LogP contribution is -2.49. The van der Waals surface area contributed by atoms with E-state index in [1.165, 1.54) is 0 Å². The summed E-state index contributed by atoms with van der Waals surface area (Å²) in [5.41, 5.74) is 0.269. The van der Waals surface area contributed by atoms with Gasteiger partial charge < -0.3 is 20.5 Å². The molecule has 2 amide bonds. The van der Waals surface area contributed by atoms with E-state index < -0.39 is 11.5 Å². The fourth-order valence-corrected chi connectivity index (χ4v) is 1.92. The average molecular weight is 294 g/mol. The molecule has 1 aromatic carbocycles. The summed E-state index contributed by atoms with van der Waals surface area (Å²) in [7, 11) is 1.61. The standard InChI is InChI=1S/C15H22N2O4/c1-15(2,10-13(18)19)17-14(20)16-8-7-11-5-4-6-12(9-11)21-3/h4-6,9H,7-8,10H2,1-3H3,(H,18,19)(H2,16,17,20). The van der Waals surface area contributed by atoms with E-state index in [9.17, 15) is 9.59 Å². The average Bonchev–Trinajstić information content (AvgIpc) is 2.36. The van der Waals surface area contributed by atoms with Crippen LogP contribution in [0.25, 0.3) is 0 Å². The van der Waals surface area contributed by atoms with Gasteiger partial charge >= 0.3 is 12.0 Å². The molecule has 1 rings (SSSR count). The van der Waals surface area contributed by atoms with Crippen LogP contribution in [-0.4, -0.2) is 36.3 Å². The third-order valence-corrected chi connectivity index (χ3v) is 2.88. The van der Waals surface area contributed by atoms with E-state index in [1.807, 2.05) is 24.3 Å². The monoisotopic (exact) mass is 294 g/mol. The lowest BCUT2D eigenvalue weighted by atomic mass is 10.0. The molecule has 6 heteroatoms. The second kappa shape index (κ2) is 7.52. The number of carboxylic acids is 1. The van der Waals surface area contributed by atoms with Crippen molar-refractivity contribution < 1.29 is 19.4 Å². The zero-order chi connectivity index (χ0) is 15.9. The number of urea groups is 1. The van der Waals surface area contributed by atoms with Gasteiger partial charge in [-0.2, -0.15) is 0 Å². The van der Waals surface area contributed by atoms with Crippen LogP contribution < -0.4 is 15.4 Å². The Morgan fingerprint density at radius 2 is 2.05 bits per heavy atom. The lowest BCUT2D eigenvalue weighted by Gasteiger charge is -2.24. The van der Waals surface area contributed by atoms with Gasteiger partial charge in [0.2, 0.25) is 0 Å². The van der Waals surface area contributed by atoms with Gasteiger partial charge in [-0.15, -0.1) is 0 Å². The normalized spacial score (nSPS) is 10.8. The van der Waals surface area contributed by atoms with Crippen molar-refractivity contribution in [2.75, 3.05) is 13.7 Å². The summed E-state index contributed by atoms with van der Waals surface area (Å²) in [5, 5.41) is 14.1. The van der Waals surface area contributed by atoms with Crippen molar-refractivity contribution >= 4 is 12.0 Å². The van der Waals surface area contributed by atoms with Gasteiger partial charge in [-0.25, -0.2) is 4.79 Å². The molecule has 0 bridgehead atoms. The molecular formula is C15H22N2O4. The maximum Gasteiger partial charge on any atom is 0.315 e. The van der Waals surface area contributed by atoms with Gasteiger partial charge in [-0.1, -0.05) is 12.1 Å². The van der Waals surface area contributed by atoms with Crippen molar-refractivity contribution in [1.82, 2.24) is 10.6 Å². The Balaban J connectivity index is 2.38. The predicted octanol–water partition coefficient (Wildman–Crippen LogP) is 1.79. The number of carboxylic acid groups (broad SMARTS) is 1. The molecule has 0 radical (unpaired) electrons. The number of aliphatic carboxylic acids is 1. The summed E-state index contributed by atoms with van der Waals surface area (Å²) in [4.78, 5) is 22.4. The van der Waals surface area contributed by atoms with Crippen LogP contribution in [0.4, 0.5) is 4.79 Å². The minimum absolute atomic E-state index is 0.129. The number of methoxy groups -OCH3 is 1. The number of carbonyl (C=O) groups excluding carboxylic acids is 1. The molecule has 0 aromatic heterocycles. The topological polar surface area (TPSA) is 87.7 Å². The molecule has 3 N–H and O–H groups in total. The zero-order valence-electron chi connectivity index (χ0n) is 12.6. The van der Waals surface area contributed by atoms with Crippen LogP contribution in [-0.2, 0) is 11.2 Å². The molecule has 0 spiro atoms. The van der Waals surface area contributed by atoms with Gasteiger partial charge in [0.05, 0.1) is 13.5 Å². The maximum absolute atomic E-state index is 11.7. The molecular weight excluding hydrogens is 272 g/mol. The number of carbonyl (C=O) groups is 2. The molecule has 0 aliphatic heterocycles. The van der Waals surface area contributed by atoms with Crippen molar-refractivity contribution in [3.05, 3.63) is 29.8 Å². The molecule has 116 valence electrons. The Kier molecular flexibility index (Phi) is 6.02. The number of amides is 2. The minimum atomic E-state index is -0.948. The molecule has 0 unspecified atom stereocenters. The Hall–Kier alpha value is -2.24. The van der Waals surface area contributed by atoms with Gasteiger partial charge in [0.1, 0.15) is 5.75 Å². The Labute approximate surface area is 124 Å². The second-order valence-corrected chi connectivity index (χ2v) is 5.44. The van der Waals surface area contributed by atoms with Crippen LogP contribution in [0.1, 0.15) is 25.8 Å². The first-order valence-corrected chi connectivity index (χ1v) is 6.73. The number of benzene rings is 1. The fraction of sp³-hybridized carbons (Fsp3) is 0.467. The Morgan fingerprint density at radius 3 is 2.67 bits per heavy atom. The van der Waals surface area contributed by atoms with Gasteiger partial charge in [0.15, 0.2) is 0 Å². The highest BCUT2D eigenvalue weighted by molar-refractivity contribution is 5.76. The van der Waals surface area contributed by atoms with Crippen LogP contribution in [0.15, 0.2) is 24.3 Å². The summed E-state index contributed by atoms with van der Waals surface area (Å²) < 4.78 is 5.13. The third-order valence-electron chi connectivity index (χ3n) is 2.88. The van der Waals surface area contributed by atoms with Crippen molar-refractivity contribution in [3.8, 4) is 5.75 Å². The van der Waals surface area contributed by atoms with Crippen molar-refractivity contribution in [1.29, 1.82) is 0 Å². The van der Waals surface area contributed by atoms with Gasteiger partial charge in [0.25, 0.3) is 0 Å². The first-order valence-electron chi connectivity index (χ1n) is 6.73. The van der Waals surface area contributed by atoms with Gasteiger partial charge in [-0.05, 0) is 38.0 Å². The molecule has 0 heterocycles. The van der Waals surface area contributed by atoms with Crippen LogP contribution in [0.2, 0.25) is 0 Å². The first kappa shape index (κ1) is 16.8. The quantitative estimate of drug-likeness (QED) is 0.715. The Bertz CT molecular complexity index is 500. The van der Waals surface area contributed by atoms with E-state index in [-0.39, 0.29) is 12.5 Å². The fourth-order valence-electron chi connectivity index (χ4n) is 1.92. The molecule has 0 fully saturated rings. The van der Waals surface area contributed by atoms with Crippen molar-refractivity contribution in [2.45, 2.75) is 32.2 Å². The molecule has 1 aromatic rings. The van der Waals surface area contributed by atoms with E-state index in [4.69, 9.17) is 9.84 Å². The number of nitrogens with one attached hydrogen (secondary N) is 2. The van der Waals surface area contributed by atoms with Gasteiger partial charge in [0, 0.05) is 12.1 Å². The van der Waals surface area contributed by atoms with E-state index in [0.717, 1.165) is 11.3 Å².